The lowest BCUT2D eigenvalue weighted by Crippen LogP contribution is -2.43. The highest BCUT2D eigenvalue weighted by molar-refractivity contribution is 9.10. The Morgan fingerprint density at radius 2 is 1.89 bits per heavy atom. The monoisotopic (exact) mass is 472 g/mol. The first kappa shape index (κ1) is 21.2. The third-order valence-electron chi connectivity index (χ3n) is 4.64. The molecule has 3 rings (SSSR count). The fraction of sp³-hybridized carbons (Fsp3) is 0.368. The van der Waals surface area contributed by atoms with Gasteiger partial charge in [-0.25, -0.2) is 17.5 Å². The highest BCUT2D eigenvalue weighted by Crippen LogP contribution is 2.26. The Balaban J connectivity index is 1.82. The number of hydrogen-bond donors (Lipinski definition) is 1. The van der Waals surface area contributed by atoms with Crippen molar-refractivity contribution in [3.63, 3.8) is 0 Å². The van der Waals surface area contributed by atoms with Gasteiger partial charge in [0.05, 0.1) is 25.2 Å². The van der Waals surface area contributed by atoms with Crippen LogP contribution in [-0.2, 0) is 14.8 Å². The summed E-state index contributed by atoms with van der Waals surface area (Å²) in [5.74, 6) is 0.232. The van der Waals surface area contributed by atoms with E-state index in [1.165, 1.54) is 6.07 Å². The predicted molar refractivity (Wildman–Crippen MR) is 107 cm³/mol. The summed E-state index contributed by atoms with van der Waals surface area (Å²) in [6.07, 6.45) is 0. The number of rotatable bonds is 7. The predicted octanol–water partition coefficient (Wildman–Crippen LogP) is 2.95. The van der Waals surface area contributed by atoms with Crippen molar-refractivity contribution in [2.24, 2.45) is 0 Å². The summed E-state index contributed by atoms with van der Waals surface area (Å²) >= 11 is 3.13. The minimum absolute atomic E-state index is 0.00404. The number of halogens is 2. The van der Waals surface area contributed by atoms with Gasteiger partial charge in [-0.15, -0.1) is 0 Å². The number of benzene rings is 2. The molecule has 1 N–H and O–H groups in total. The molecule has 0 bridgehead atoms. The normalized spacial score (nSPS) is 16.7. The molecular weight excluding hydrogens is 451 g/mol. The lowest BCUT2D eigenvalue weighted by molar-refractivity contribution is 0.0172. The van der Waals surface area contributed by atoms with Crippen molar-refractivity contribution in [3.8, 4) is 5.75 Å². The van der Waals surface area contributed by atoms with Gasteiger partial charge < -0.3 is 9.47 Å². The minimum Gasteiger partial charge on any atom is -0.497 e. The molecule has 9 heteroatoms. The average molecular weight is 473 g/mol. The molecule has 0 amide bonds. The number of nitrogens with one attached hydrogen (secondary N) is 1. The van der Waals surface area contributed by atoms with Gasteiger partial charge in [0.15, 0.2) is 0 Å². The highest BCUT2D eigenvalue weighted by Gasteiger charge is 2.26. The molecule has 2 aromatic rings. The highest BCUT2D eigenvalue weighted by atomic mass is 79.9. The van der Waals surface area contributed by atoms with Gasteiger partial charge in [0, 0.05) is 30.1 Å². The zero-order chi connectivity index (χ0) is 20.1. The van der Waals surface area contributed by atoms with Crippen LogP contribution in [0.1, 0.15) is 11.6 Å². The number of morpholine rings is 1. The standard InChI is InChI=1S/C19H22BrFN2O4S/c1-26-16-5-2-14(3-6-16)18(23-8-10-27-11-9-23)13-22-28(24,25)19-7-4-15(21)12-17(19)20/h2-7,12,18,22H,8-11,13H2,1H3. The lowest BCUT2D eigenvalue weighted by atomic mass is 10.0. The van der Waals surface area contributed by atoms with Crippen LogP contribution in [0.15, 0.2) is 51.8 Å². The van der Waals surface area contributed by atoms with E-state index in [1.807, 2.05) is 24.3 Å². The zero-order valence-corrected chi connectivity index (χ0v) is 17.8. The molecule has 1 unspecified atom stereocenters. The molecule has 0 aliphatic carbocycles. The van der Waals surface area contributed by atoms with Gasteiger partial charge in [-0.1, -0.05) is 12.1 Å². The number of nitrogens with zero attached hydrogens (tertiary/aromatic N) is 1. The third-order valence-corrected chi connectivity index (χ3v) is 7.04. The van der Waals surface area contributed by atoms with Gasteiger partial charge in [-0.3, -0.25) is 4.90 Å². The maximum Gasteiger partial charge on any atom is 0.241 e. The summed E-state index contributed by atoms with van der Waals surface area (Å²) in [7, 11) is -2.21. The Kier molecular flexibility index (Phi) is 7.05. The van der Waals surface area contributed by atoms with Crippen LogP contribution >= 0.6 is 15.9 Å². The topological polar surface area (TPSA) is 67.9 Å². The number of methoxy groups -OCH3 is 1. The Bertz CT molecular complexity index is 903. The van der Waals surface area contributed by atoms with Crippen LogP contribution in [0.3, 0.4) is 0 Å². The lowest BCUT2D eigenvalue weighted by Gasteiger charge is -2.35. The molecule has 28 heavy (non-hydrogen) atoms. The molecule has 1 heterocycles. The van der Waals surface area contributed by atoms with Crippen molar-refractivity contribution in [1.29, 1.82) is 0 Å². The van der Waals surface area contributed by atoms with Crippen LogP contribution in [-0.4, -0.2) is 53.3 Å². The van der Waals surface area contributed by atoms with E-state index in [0.717, 1.165) is 23.4 Å². The first-order valence-electron chi connectivity index (χ1n) is 8.81. The molecule has 1 saturated heterocycles. The SMILES string of the molecule is COc1ccc(C(CNS(=O)(=O)c2ccc(F)cc2Br)N2CCOCC2)cc1. The van der Waals surface area contributed by atoms with Crippen molar-refractivity contribution in [1.82, 2.24) is 9.62 Å². The first-order valence-corrected chi connectivity index (χ1v) is 11.1. The summed E-state index contributed by atoms with van der Waals surface area (Å²) in [4.78, 5) is 2.19. The summed E-state index contributed by atoms with van der Waals surface area (Å²) in [5, 5.41) is 0. The van der Waals surface area contributed by atoms with Crippen molar-refractivity contribution >= 4 is 26.0 Å². The van der Waals surface area contributed by atoms with Crippen LogP contribution < -0.4 is 9.46 Å². The molecule has 0 radical (unpaired) electrons. The summed E-state index contributed by atoms with van der Waals surface area (Å²) in [6.45, 7) is 2.79. The molecule has 0 aromatic heterocycles. The van der Waals surface area contributed by atoms with E-state index in [-0.39, 0.29) is 22.0 Å². The molecule has 1 aliphatic rings. The van der Waals surface area contributed by atoms with Crippen molar-refractivity contribution in [2.45, 2.75) is 10.9 Å². The number of hydrogen-bond acceptors (Lipinski definition) is 5. The fourth-order valence-electron chi connectivity index (χ4n) is 3.13. The number of sulfonamides is 1. The average Bonchev–Trinajstić information content (AvgIpc) is 2.69. The number of ether oxygens (including phenoxy) is 2. The van der Waals surface area contributed by atoms with E-state index in [4.69, 9.17) is 9.47 Å². The van der Waals surface area contributed by atoms with Crippen LogP contribution in [0.4, 0.5) is 4.39 Å². The molecule has 1 atom stereocenters. The third kappa shape index (κ3) is 5.09. The van der Waals surface area contributed by atoms with Gasteiger partial charge >= 0.3 is 0 Å². The van der Waals surface area contributed by atoms with E-state index >= 15 is 0 Å². The first-order chi connectivity index (χ1) is 13.4. The maximum atomic E-state index is 13.3. The quantitative estimate of drug-likeness (QED) is 0.670. The summed E-state index contributed by atoms with van der Waals surface area (Å²) in [6, 6.07) is 10.9. The Labute approximate surface area is 172 Å². The van der Waals surface area contributed by atoms with Gasteiger partial charge in [0.2, 0.25) is 10.0 Å². The van der Waals surface area contributed by atoms with Crippen molar-refractivity contribution < 1.29 is 22.3 Å². The van der Waals surface area contributed by atoms with Gasteiger partial charge in [-0.05, 0) is 51.8 Å². The molecule has 6 nitrogen and oxygen atoms in total. The second-order valence-electron chi connectivity index (χ2n) is 6.36. The van der Waals surface area contributed by atoms with E-state index in [0.29, 0.717) is 26.3 Å². The Morgan fingerprint density at radius 1 is 1.21 bits per heavy atom. The van der Waals surface area contributed by atoms with Crippen molar-refractivity contribution in [2.75, 3.05) is 40.0 Å². The zero-order valence-electron chi connectivity index (χ0n) is 15.4. The largest absolute Gasteiger partial charge is 0.497 e. The van der Waals surface area contributed by atoms with Gasteiger partial charge in [-0.2, -0.15) is 0 Å². The smallest absolute Gasteiger partial charge is 0.241 e. The molecular formula is C19H22BrFN2O4S. The summed E-state index contributed by atoms with van der Waals surface area (Å²) in [5.41, 5.74) is 0.976. The van der Waals surface area contributed by atoms with Gasteiger partial charge in [0.25, 0.3) is 0 Å². The molecule has 152 valence electrons. The molecule has 0 spiro atoms. The fourth-order valence-corrected chi connectivity index (χ4v) is 5.22. The maximum absolute atomic E-state index is 13.3. The van der Waals surface area contributed by atoms with Crippen LogP contribution in [0.5, 0.6) is 5.75 Å². The summed E-state index contributed by atoms with van der Waals surface area (Å²) < 4.78 is 52.3. The van der Waals surface area contributed by atoms with E-state index < -0.39 is 15.8 Å². The molecule has 0 saturated carbocycles. The second-order valence-corrected chi connectivity index (χ2v) is 8.95. The van der Waals surface area contributed by atoms with Crippen LogP contribution in [0.25, 0.3) is 0 Å². The van der Waals surface area contributed by atoms with Crippen LogP contribution in [0, 0.1) is 5.82 Å². The molecule has 1 aliphatic heterocycles. The Hall–Kier alpha value is -1.52. The second kappa shape index (κ2) is 9.32. The van der Waals surface area contributed by atoms with Crippen molar-refractivity contribution in [3.05, 3.63) is 58.3 Å². The molecule has 2 aromatic carbocycles. The van der Waals surface area contributed by atoms with E-state index in [1.54, 1.807) is 7.11 Å². The molecule has 1 fully saturated rings. The van der Waals surface area contributed by atoms with E-state index in [2.05, 4.69) is 25.6 Å². The Morgan fingerprint density at radius 3 is 2.50 bits per heavy atom. The van der Waals surface area contributed by atoms with E-state index in [9.17, 15) is 12.8 Å². The van der Waals surface area contributed by atoms with Gasteiger partial charge in [0.1, 0.15) is 11.6 Å². The minimum atomic E-state index is -3.81. The van der Waals surface area contributed by atoms with Crippen LogP contribution in [0.2, 0.25) is 0 Å².